The molecule has 3 atom stereocenters. The monoisotopic (exact) mass is 282 g/mol. The highest BCUT2D eigenvalue weighted by molar-refractivity contribution is 5.80. The smallest absolute Gasteiger partial charge is 0.227 e. The first-order valence-electron chi connectivity index (χ1n) is 7.86. The molecule has 1 aliphatic carbocycles. The van der Waals surface area contributed by atoms with Gasteiger partial charge in [0.2, 0.25) is 5.91 Å². The minimum absolute atomic E-state index is 0.00493. The number of nitrogens with two attached hydrogens (primary N) is 1. The molecule has 1 saturated carbocycles. The number of morpholine rings is 1. The summed E-state index contributed by atoms with van der Waals surface area (Å²) in [5.74, 6) is 0.664. The number of hydrogen-bond acceptors (Lipinski definition) is 3. The number of ether oxygens (including phenoxy) is 1. The Morgan fingerprint density at radius 3 is 2.25 bits per heavy atom. The van der Waals surface area contributed by atoms with E-state index in [0.717, 1.165) is 19.3 Å². The molecule has 116 valence electrons. The van der Waals surface area contributed by atoms with Gasteiger partial charge in [0, 0.05) is 19.1 Å². The van der Waals surface area contributed by atoms with Gasteiger partial charge in [-0.15, -0.1) is 0 Å². The van der Waals surface area contributed by atoms with Gasteiger partial charge in [-0.2, -0.15) is 0 Å². The van der Waals surface area contributed by atoms with Crippen molar-refractivity contribution in [1.29, 1.82) is 0 Å². The molecular weight excluding hydrogens is 252 g/mol. The van der Waals surface area contributed by atoms with Crippen molar-refractivity contribution in [2.75, 3.05) is 13.1 Å². The Bertz CT molecular complexity index is 363. The number of carbonyl (C=O) groups excluding carboxylic acids is 1. The molecule has 3 unspecified atom stereocenters. The van der Waals surface area contributed by atoms with Gasteiger partial charge in [0.25, 0.3) is 0 Å². The van der Waals surface area contributed by atoms with Crippen molar-refractivity contribution in [3.8, 4) is 0 Å². The highest BCUT2D eigenvalue weighted by Crippen LogP contribution is 2.33. The summed E-state index contributed by atoms with van der Waals surface area (Å²) in [5.41, 5.74) is 5.71. The molecule has 0 bridgehead atoms. The zero-order valence-corrected chi connectivity index (χ0v) is 13.6. The van der Waals surface area contributed by atoms with E-state index < -0.39 is 0 Å². The molecule has 4 heteroatoms. The van der Waals surface area contributed by atoms with Gasteiger partial charge in [-0.05, 0) is 46.5 Å². The maximum atomic E-state index is 12.9. The minimum Gasteiger partial charge on any atom is -0.366 e. The van der Waals surface area contributed by atoms with Crippen molar-refractivity contribution in [3.63, 3.8) is 0 Å². The van der Waals surface area contributed by atoms with Crippen LogP contribution < -0.4 is 5.73 Å². The van der Waals surface area contributed by atoms with Gasteiger partial charge >= 0.3 is 0 Å². The van der Waals surface area contributed by atoms with Crippen LogP contribution in [-0.4, -0.2) is 41.1 Å². The van der Waals surface area contributed by atoms with E-state index in [0.29, 0.717) is 19.0 Å². The van der Waals surface area contributed by atoms with Crippen molar-refractivity contribution in [3.05, 3.63) is 0 Å². The lowest BCUT2D eigenvalue weighted by atomic mass is 9.77. The summed E-state index contributed by atoms with van der Waals surface area (Å²) in [6, 6.07) is 0.00493. The van der Waals surface area contributed by atoms with Crippen LogP contribution in [0.1, 0.15) is 53.9 Å². The minimum atomic E-state index is -0.290. The highest BCUT2D eigenvalue weighted by atomic mass is 16.5. The Morgan fingerprint density at radius 2 is 1.70 bits per heavy atom. The van der Waals surface area contributed by atoms with Crippen LogP contribution in [0.3, 0.4) is 0 Å². The lowest BCUT2D eigenvalue weighted by Crippen LogP contribution is -2.61. The zero-order valence-electron chi connectivity index (χ0n) is 13.6. The number of carbonyl (C=O) groups is 1. The average molecular weight is 282 g/mol. The topological polar surface area (TPSA) is 55.6 Å². The Labute approximate surface area is 123 Å². The van der Waals surface area contributed by atoms with E-state index in [-0.39, 0.29) is 29.1 Å². The first kappa shape index (κ1) is 15.8. The van der Waals surface area contributed by atoms with Gasteiger partial charge in [0.1, 0.15) is 0 Å². The number of nitrogens with zero attached hydrogens (tertiary/aromatic N) is 1. The third-order valence-electron chi connectivity index (χ3n) is 4.62. The Hall–Kier alpha value is -0.610. The maximum Gasteiger partial charge on any atom is 0.227 e. The molecule has 0 aromatic carbocycles. The van der Waals surface area contributed by atoms with Gasteiger partial charge in [-0.3, -0.25) is 4.79 Å². The second kappa shape index (κ2) is 5.30. The van der Waals surface area contributed by atoms with Crippen LogP contribution in [0.5, 0.6) is 0 Å². The van der Waals surface area contributed by atoms with Crippen LogP contribution in [-0.2, 0) is 9.53 Å². The van der Waals surface area contributed by atoms with Crippen LogP contribution in [0, 0.1) is 11.8 Å². The van der Waals surface area contributed by atoms with Crippen molar-refractivity contribution in [2.24, 2.45) is 17.6 Å². The predicted octanol–water partition coefficient (Wildman–Crippen LogP) is 2.17. The third kappa shape index (κ3) is 3.34. The van der Waals surface area contributed by atoms with E-state index in [1.54, 1.807) is 0 Å². The fraction of sp³-hybridized carbons (Fsp3) is 0.938. The molecule has 0 radical (unpaired) electrons. The van der Waals surface area contributed by atoms with Crippen molar-refractivity contribution >= 4 is 5.91 Å². The standard InChI is InChI=1S/C16H30N2O2/c1-11-7-6-8-12(13(11)17)14(19)18-9-15(2,3)20-16(4,5)10-18/h11-13H,6-10,17H2,1-5H3. The molecule has 1 amide bonds. The molecule has 0 aromatic rings. The Morgan fingerprint density at radius 1 is 1.15 bits per heavy atom. The summed E-state index contributed by atoms with van der Waals surface area (Å²) in [4.78, 5) is 14.9. The van der Waals surface area contributed by atoms with Gasteiger partial charge in [-0.1, -0.05) is 13.3 Å². The molecule has 1 aliphatic heterocycles. The average Bonchev–Trinajstić information content (AvgIpc) is 2.28. The quantitative estimate of drug-likeness (QED) is 0.802. The van der Waals surface area contributed by atoms with Crippen molar-refractivity contribution < 1.29 is 9.53 Å². The molecule has 20 heavy (non-hydrogen) atoms. The summed E-state index contributed by atoms with van der Waals surface area (Å²) >= 11 is 0. The van der Waals surface area contributed by atoms with E-state index in [2.05, 4.69) is 34.6 Å². The van der Waals surface area contributed by atoms with Crippen LogP contribution >= 0.6 is 0 Å². The fourth-order valence-corrected chi connectivity index (χ4v) is 3.91. The fourth-order valence-electron chi connectivity index (χ4n) is 3.91. The van der Waals surface area contributed by atoms with E-state index in [4.69, 9.17) is 10.5 Å². The summed E-state index contributed by atoms with van der Waals surface area (Å²) in [7, 11) is 0. The van der Waals surface area contributed by atoms with E-state index in [1.165, 1.54) is 0 Å². The largest absolute Gasteiger partial charge is 0.366 e. The second-order valence-corrected chi connectivity index (χ2v) is 7.91. The third-order valence-corrected chi connectivity index (χ3v) is 4.62. The van der Waals surface area contributed by atoms with Crippen molar-refractivity contribution in [1.82, 2.24) is 4.90 Å². The summed E-state index contributed by atoms with van der Waals surface area (Å²) in [5, 5.41) is 0. The number of hydrogen-bond donors (Lipinski definition) is 1. The number of rotatable bonds is 1. The number of amides is 1. The lowest BCUT2D eigenvalue weighted by molar-refractivity contribution is -0.191. The molecule has 0 spiro atoms. The molecular formula is C16H30N2O2. The van der Waals surface area contributed by atoms with Crippen LogP contribution in [0.25, 0.3) is 0 Å². The lowest BCUT2D eigenvalue weighted by Gasteiger charge is -2.48. The molecule has 4 nitrogen and oxygen atoms in total. The Balaban J connectivity index is 2.12. The highest BCUT2D eigenvalue weighted by Gasteiger charge is 2.43. The van der Waals surface area contributed by atoms with E-state index in [9.17, 15) is 4.79 Å². The van der Waals surface area contributed by atoms with Crippen molar-refractivity contribution in [2.45, 2.75) is 71.1 Å². The van der Waals surface area contributed by atoms with Crippen LogP contribution in [0.15, 0.2) is 0 Å². The van der Waals surface area contributed by atoms with Crippen LogP contribution in [0.4, 0.5) is 0 Å². The van der Waals surface area contributed by atoms with Gasteiger partial charge < -0.3 is 15.4 Å². The first-order valence-corrected chi connectivity index (χ1v) is 7.86. The predicted molar refractivity (Wildman–Crippen MR) is 80.3 cm³/mol. The SMILES string of the molecule is CC1CCCC(C(=O)N2CC(C)(C)OC(C)(C)C2)C1N. The van der Waals surface area contributed by atoms with Crippen LogP contribution in [0.2, 0.25) is 0 Å². The molecule has 2 rings (SSSR count). The molecule has 1 saturated heterocycles. The van der Waals surface area contributed by atoms with Gasteiger partial charge in [-0.25, -0.2) is 0 Å². The zero-order chi connectivity index (χ0) is 15.1. The second-order valence-electron chi connectivity index (χ2n) is 7.91. The van der Waals surface area contributed by atoms with E-state index >= 15 is 0 Å². The summed E-state index contributed by atoms with van der Waals surface area (Å²) < 4.78 is 6.05. The Kier molecular flexibility index (Phi) is 4.18. The molecule has 1 heterocycles. The molecule has 2 aliphatic rings. The normalized spacial score (nSPS) is 36.7. The molecule has 2 fully saturated rings. The maximum absolute atomic E-state index is 12.9. The van der Waals surface area contributed by atoms with E-state index in [1.807, 2.05) is 4.90 Å². The first-order chi connectivity index (χ1) is 9.11. The summed E-state index contributed by atoms with van der Waals surface area (Å²) in [6.07, 6.45) is 3.19. The molecule has 0 aromatic heterocycles. The summed E-state index contributed by atoms with van der Waals surface area (Å²) in [6.45, 7) is 11.7. The van der Waals surface area contributed by atoms with Gasteiger partial charge in [0.05, 0.1) is 17.1 Å². The molecule has 2 N–H and O–H groups in total. The van der Waals surface area contributed by atoms with Gasteiger partial charge in [0.15, 0.2) is 0 Å².